The van der Waals surface area contributed by atoms with E-state index in [2.05, 4.69) is 20.2 Å². The van der Waals surface area contributed by atoms with Gasteiger partial charge in [0.1, 0.15) is 0 Å². The zero-order chi connectivity index (χ0) is 15.5. The number of hydrogen-bond donors (Lipinski definition) is 1. The number of fused-ring (bicyclic) bond motifs is 1. The summed E-state index contributed by atoms with van der Waals surface area (Å²) in [5.74, 6) is 2.76. The Bertz CT molecular complexity index is 495. The molecule has 0 bridgehead atoms. The first-order chi connectivity index (χ1) is 11.4. The van der Waals surface area contributed by atoms with Crippen LogP contribution in [0.1, 0.15) is 12.8 Å². The van der Waals surface area contributed by atoms with E-state index >= 15 is 0 Å². The number of anilines is 1. The van der Waals surface area contributed by atoms with E-state index in [4.69, 9.17) is 9.47 Å². The van der Waals surface area contributed by atoms with E-state index in [1.54, 1.807) is 12.4 Å². The summed E-state index contributed by atoms with van der Waals surface area (Å²) in [5, 5.41) is 3.32. The molecule has 1 aromatic rings. The highest BCUT2D eigenvalue weighted by molar-refractivity contribution is 5.22. The number of aromatic nitrogens is 2. The summed E-state index contributed by atoms with van der Waals surface area (Å²) in [6.07, 6.45) is 6.28. The molecule has 3 saturated heterocycles. The first-order valence-electron chi connectivity index (χ1n) is 8.81. The Kier molecular flexibility index (Phi) is 4.73. The summed E-state index contributed by atoms with van der Waals surface area (Å²) in [5.41, 5.74) is 0. The minimum atomic E-state index is 0.270. The molecule has 0 aromatic carbocycles. The van der Waals surface area contributed by atoms with Crippen molar-refractivity contribution in [1.29, 1.82) is 0 Å². The van der Waals surface area contributed by atoms with Crippen LogP contribution in [-0.4, -0.2) is 67.0 Å². The van der Waals surface area contributed by atoms with Gasteiger partial charge in [0.15, 0.2) is 0 Å². The molecule has 3 aliphatic rings. The van der Waals surface area contributed by atoms with Crippen molar-refractivity contribution in [2.45, 2.75) is 18.9 Å². The van der Waals surface area contributed by atoms with Gasteiger partial charge >= 0.3 is 0 Å². The van der Waals surface area contributed by atoms with Gasteiger partial charge in [0.05, 0.1) is 19.3 Å². The monoisotopic (exact) mass is 318 g/mol. The van der Waals surface area contributed by atoms with Gasteiger partial charge in [-0.3, -0.25) is 0 Å². The highest BCUT2D eigenvalue weighted by Crippen LogP contribution is 2.34. The number of nitrogens with zero attached hydrogens (tertiary/aromatic N) is 3. The molecule has 6 nitrogen and oxygen atoms in total. The third-order valence-corrected chi connectivity index (χ3v) is 5.46. The third kappa shape index (κ3) is 3.65. The fourth-order valence-electron chi connectivity index (χ4n) is 4.15. The molecule has 1 aromatic heterocycles. The molecule has 23 heavy (non-hydrogen) atoms. The third-order valence-electron chi connectivity index (χ3n) is 5.46. The number of nitrogens with one attached hydrogen (secondary N) is 1. The summed E-state index contributed by atoms with van der Waals surface area (Å²) in [7, 11) is 0. The number of likely N-dealkylation sites (tertiary alicyclic amines) is 1. The van der Waals surface area contributed by atoms with Crippen LogP contribution in [0.4, 0.5) is 5.95 Å². The van der Waals surface area contributed by atoms with E-state index in [1.807, 2.05) is 6.07 Å². The Morgan fingerprint density at radius 2 is 2.13 bits per heavy atom. The van der Waals surface area contributed by atoms with Crippen molar-refractivity contribution in [3.63, 3.8) is 0 Å². The summed E-state index contributed by atoms with van der Waals surface area (Å²) in [6, 6.07) is 1.83. The zero-order valence-electron chi connectivity index (χ0n) is 13.6. The van der Waals surface area contributed by atoms with Gasteiger partial charge in [-0.1, -0.05) is 0 Å². The van der Waals surface area contributed by atoms with E-state index in [0.29, 0.717) is 11.9 Å². The lowest BCUT2D eigenvalue weighted by Crippen LogP contribution is -2.45. The molecule has 0 radical (unpaired) electrons. The standard InChI is InChI=1S/C17H26N4O2/c1-4-18-17(19-5-1)20-8-16-15-10-21(6-2-14(15)12-23-16)9-13-3-7-22-11-13/h1,4-5,13-16H,2-3,6-12H2,(H,18,19,20)/t13?,14-,15-,16+/m0/s1. The smallest absolute Gasteiger partial charge is 0.222 e. The van der Waals surface area contributed by atoms with E-state index in [0.717, 1.165) is 44.7 Å². The summed E-state index contributed by atoms with van der Waals surface area (Å²) >= 11 is 0. The van der Waals surface area contributed by atoms with Crippen molar-refractivity contribution in [2.75, 3.05) is 51.3 Å². The molecular formula is C17H26N4O2. The molecule has 3 fully saturated rings. The highest BCUT2D eigenvalue weighted by atomic mass is 16.5. The Hall–Kier alpha value is -1.24. The van der Waals surface area contributed by atoms with Crippen LogP contribution in [0, 0.1) is 17.8 Å². The fraction of sp³-hybridized carbons (Fsp3) is 0.765. The quantitative estimate of drug-likeness (QED) is 0.882. The molecule has 4 atom stereocenters. The molecule has 1 N–H and O–H groups in total. The molecule has 6 heteroatoms. The van der Waals surface area contributed by atoms with Crippen molar-refractivity contribution in [3.8, 4) is 0 Å². The zero-order valence-corrected chi connectivity index (χ0v) is 13.6. The van der Waals surface area contributed by atoms with Crippen LogP contribution in [0.2, 0.25) is 0 Å². The second-order valence-corrected chi connectivity index (χ2v) is 7.03. The van der Waals surface area contributed by atoms with Crippen LogP contribution < -0.4 is 5.32 Å². The topological polar surface area (TPSA) is 59.5 Å². The largest absolute Gasteiger partial charge is 0.381 e. The fourth-order valence-corrected chi connectivity index (χ4v) is 4.15. The van der Waals surface area contributed by atoms with Gasteiger partial charge in [-0.25, -0.2) is 9.97 Å². The second-order valence-electron chi connectivity index (χ2n) is 7.03. The predicted octanol–water partition coefficient (Wildman–Crippen LogP) is 1.26. The minimum absolute atomic E-state index is 0.270. The maximum absolute atomic E-state index is 6.07. The van der Waals surface area contributed by atoms with Gasteiger partial charge in [0, 0.05) is 44.6 Å². The number of piperidine rings is 1. The lowest BCUT2D eigenvalue weighted by atomic mass is 9.84. The number of hydrogen-bond acceptors (Lipinski definition) is 6. The summed E-state index contributed by atoms with van der Waals surface area (Å²) in [4.78, 5) is 11.1. The highest BCUT2D eigenvalue weighted by Gasteiger charge is 2.41. The van der Waals surface area contributed by atoms with Crippen molar-refractivity contribution < 1.29 is 9.47 Å². The van der Waals surface area contributed by atoms with Gasteiger partial charge in [0.2, 0.25) is 5.95 Å². The van der Waals surface area contributed by atoms with Gasteiger partial charge in [-0.15, -0.1) is 0 Å². The Morgan fingerprint density at radius 3 is 2.96 bits per heavy atom. The molecule has 4 rings (SSSR count). The first kappa shape index (κ1) is 15.3. The molecule has 0 aliphatic carbocycles. The number of rotatable bonds is 5. The average molecular weight is 318 g/mol. The summed E-state index contributed by atoms with van der Waals surface area (Å²) < 4.78 is 11.6. The second kappa shape index (κ2) is 7.11. The Balaban J connectivity index is 1.31. The SMILES string of the molecule is c1cnc(NC[C@H]2OC[C@@H]3CCN(CC4CCOC4)C[C@@H]32)nc1. The van der Waals surface area contributed by atoms with E-state index in [1.165, 1.54) is 25.9 Å². The lowest BCUT2D eigenvalue weighted by molar-refractivity contribution is 0.0784. The lowest BCUT2D eigenvalue weighted by Gasteiger charge is -2.37. The van der Waals surface area contributed by atoms with Crippen molar-refractivity contribution in [2.24, 2.45) is 17.8 Å². The first-order valence-corrected chi connectivity index (χ1v) is 8.81. The van der Waals surface area contributed by atoms with Crippen LogP contribution in [0.5, 0.6) is 0 Å². The van der Waals surface area contributed by atoms with Gasteiger partial charge in [-0.2, -0.15) is 0 Å². The average Bonchev–Trinajstić information content (AvgIpc) is 3.23. The maximum Gasteiger partial charge on any atom is 0.222 e. The van der Waals surface area contributed by atoms with Crippen LogP contribution in [0.15, 0.2) is 18.5 Å². The van der Waals surface area contributed by atoms with Crippen LogP contribution in [0.25, 0.3) is 0 Å². The summed E-state index contributed by atoms with van der Waals surface area (Å²) in [6.45, 7) is 7.14. The number of ether oxygens (including phenoxy) is 2. The van der Waals surface area contributed by atoms with E-state index < -0.39 is 0 Å². The van der Waals surface area contributed by atoms with Crippen LogP contribution in [0.3, 0.4) is 0 Å². The van der Waals surface area contributed by atoms with Crippen LogP contribution in [-0.2, 0) is 9.47 Å². The molecule has 4 heterocycles. The Morgan fingerprint density at radius 1 is 1.22 bits per heavy atom. The molecule has 0 spiro atoms. The molecule has 1 unspecified atom stereocenters. The normalized spacial score (nSPS) is 34.4. The van der Waals surface area contributed by atoms with Crippen LogP contribution >= 0.6 is 0 Å². The Labute approximate surface area is 137 Å². The molecular weight excluding hydrogens is 292 g/mol. The van der Waals surface area contributed by atoms with Gasteiger partial charge in [0.25, 0.3) is 0 Å². The van der Waals surface area contributed by atoms with E-state index in [-0.39, 0.29) is 6.10 Å². The molecule has 3 aliphatic heterocycles. The molecule has 126 valence electrons. The van der Waals surface area contributed by atoms with Crippen molar-refractivity contribution >= 4 is 5.95 Å². The van der Waals surface area contributed by atoms with Gasteiger partial charge < -0.3 is 19.7 Å². The van der Waals surface area contributed by atoms with Gasteiger partial charge in [-0.05, 0) is 37.3 Å². The van der Waals surface area contributed by atoms with E-state index in [9.17, 15) is 0 Å². The predicted molar refractivity (Wildman–Crippen MR) is 87.2 cm³/mol. The van der Waals surface area contributed by atoms with Crippen molar-refractivity contribution in [3.05, 3.63) is 18.5 Å². The minimum Gasteiger partial charge on any atom is -0.381 e. The van der Waals surface area contributed by atoms with Crippen molar-refractivity contribution in [1.82, 2.24) is 14.9 Å². The molecule has 0 amide bonds. The maximum atomic E-state index is 6.07. The molecule has 0 saturated carbocycles.